The van der Waals surface area contributed by atoms with Crippen molar-refractivity contribution < 1.29 is 0 Å². The minimum atomic E-state index is 0.686. The molecule has 1 aliphatic carbocycles. The second-order valence-electron chi connectivity index (χ2n) is 4.67. The fourth-order valence-corrected chi connectivity index (χ4v) is 3.00. The highest BCUT2D eigenvalue weighted by atomic mass is 32.2. The van der Waals surface area contributed by atoms with Crippen LogP contribution in [0.5, 0.6) is 0 Å². The molecule has 2 rings (SSSR count). The van der Waals surface area contributed by atoms with Crippen LogP contribution in [-0.4, -0.2) is 24.6 Å². The third-order valence-corrected chi connectivity index (χ3v) is 4.34. The molecule has 1 atom stereocenters. The molecule has 0 bridgehead atoms. The van der Waals surface area contributed by atoms with Crippen LogP contribution in [-0.2, 0) is 0 Å². The summed E-state index contributed by atoms with van der Waals surface area (Å²) in [5, 5.41) is 3.62. The summed E-state index contributed by atoms with van der Waals surface area (Å²) >= 11 is 2.12. The Balaban J connectivity index is 1.56. The van der Waals surface area contributed by atoms with Gasteiger partial charge in [0.25, 0.3) is 0 Å². The summed E-state index contributed by atoms with van der Waals surface area (Å²) in [5.41, 5.74) is 0.686. The highest BCUT2D eigenvalue weighted by molar-refractivity contribution is 7.99. The highest BCUT2D eigenvalue weighted by Gasteiger charge is 2.36. The average molecular weight is 185 g/mol. The van der Waals surface area contributed by atoms with E-state index in [1.807, 2.05) is 0 Å². The molecular weight excluding hydrogens is 166 g/mol. The quantitative estimate of drug-likeness (QED) is 0.720. The summed E-state index contributed by atoms with van der Waals surface area (Å²) in [6, 6.07) is 0. The van der Waals surface area contributed by atoms with Gasteiger partial charge in [0.1, 0.15) is 0 Å². The van der Waals surface area contributed by atoms with Gasteiger partial charge in [0.15, 0.2) is 0 Å². The largest absolute Gasteiger partial charge is 0.316 e. The van der Waals surface area contributed by atoms with Crippen molar-refractivity contribution in [1.29, 1.82) is 0 Å². The van der Waals surface area contributed by atoms with Crippen LogP contribution in [0, 0.1) is 11.3 Å². The molecule has 0 radical (unpaired) electrons. The number of rotatable bonds is 4. The van der Waals surface area contributed by atoms with Crippen LogP contribution < -0.4 is 5.32 Å². The van der Waals surface area contributed by atoms with Crippen LogP contribution in [0.3, 0.4) is 0 Å². The van der Waals surface area contributed by atoms with Gasteiger partial charge in [0, 0.05) is 6.54 Å². The molecule has 1 saturated carbocycles. The van der Waals surface area contributed by atoms with Gasteiger partial charge in [0.2, 0.25) is 0 Å². The van der Waals surface area contributed by atoms with Gasteiger partial charge in [-0.15, -0.1) is 0 Å². The Morgan fingerprint density at radius 1 is 1.50 bits per heavy atom. The normalized spacial score (nSPS) is 32.2. The molecule has 0 spiro atoms. The lowest BCUT2D eigenvalue weighted by Crippen LogP contribution is -2.27. The molecule has 2 heteroatoms. The number of thioether (sulfide) groups is 1. The van der Waals surface area contributed by atoms with E-state index < -0.39 is 0 Å². The molecule has 70 valence electrons. The first-order valence-corrected chi connectivity index (χ1v) is 6.22. The van der Waals surface area contributed by atoms with Gasteiger partial charge in [-0.1, -0.05) is 6.92 Å². The molecule has 0 aromatic heterocycles. The predicted octanol–water partition coefficient (Wildman–Crippen LogP) is 2.13. The second kappa shape index (κ2) is 3.59. The lowest BCUT2D eigenvalue weighted by Gasteiger charge is -2.13. The van der Waals surface area contributed by atoms with Crippen molar-refractivity contribution in [1.82, 2.24) is 5.32 Å². The molecule has 0 aromatic carbocycles. The lowest BCUT2D eigenvalue weighted by molar-refractivity contribution is 0.453. The van der Waals surface area contributed by atoms with E-state index in [9.17, 15) is 0 Å². The van der Waals surface area contributed by atoms with Crippen LogP contribution in [0.15, 0.2) is 0 Å². The third kappa shape index (κ3) is 2.40. The van der Waals surface area contributed by atoms with Crippen LogP contribution >= 0.6 is 11.8 Å². The predicted molar refractivity (Wildman–Crippen MR) is 55.6 cm³/mol. The van der Waals surface area contributed by atoms with Crippen molar-refractivity contribution in [3.05, 3.63) is 0 Å². The summed E-state index contributed by atoms with van der Waals surface area (Å²) in [6.07, 6.45) is 4.33. The van der Waals surface area contributed by atoms with E-state index in [1.165, 1.54) is 43.9 Å². The zero-order valence-electron chi connectivity index (χ0n) is 7.94. The fraction of sp³-hybridized carbons (Fsp3) is 1.00. The fourth-order valence-electron chi connectivity index (χ4n) is 1.71. The molecule has 0 amide bonds. The van der Waals surface area contributed by atoms with Gasteiger partial charge in [-0.3, -0.25) is 0 Å². The molecular formula is C10H19NS. The molecule has 1 unspecified atom stereocenters. The van der Waals surface area contributed by atoms with Crippen molar-refractivity contribution in [3.63, 3.8) is 0 Å². The van der Waals surface area contributed by atoms with Crippen molar-refractivity contribution >= 4 is 11.8 Å². The van der Waals surface area contributed by atoms with Gasteiger partial charge in [-0.2, -0.15) is 11.8 Å². The Morgan fingerprint density at radius 3 is 2.92 bits per heavy atom. The first-order chi connectivity index (χ1) is 5.79. The molecule has 1 saturated heterocycles. The monoisotopic (exact) mass is 185 g/mol. The minimum Gasteiger partial charge on any atom is -0.316 e. The average Bonchev–Trinajstić information content (AvgIpc) is 2.61. The second-order valence-corrected chi connectivity index (χ2v) is 5.82. The first-order valence-electron chi connectivity index (χ1n) is 5.07. The number of hydrogen-bond donors (Lipinski definition) is 1. The molecule has 1 heterocycles. The Hall–Kier alpha value is 0.310. The zero-order valence-corrected chi connectivity index (χ0v) is 8.75. The smallest absolute Gasteiger partial charge is 0.000529 e. The van der Waals surface area contributed by atoms with Gasteiger partial charge in [0.05, 0.1) is 0 Å². The number of nitrogens with one attached hydrogen (secondary N) is 1. The van der Waals surface area contributed by atoms with E-state index >= 15 is 0 Å². The van der Waals surface area contributed by atoms with Gasteiger partial charge in [-0.25, -0.2) is 0 Å². The van der Waals surface area contributed by atoms with Gasteiger partial charge < -0.3 is 5.32 Å². The number of hydrogen-bond acceptors (Lipinski definition) is 2. The maximum absolute atomic E-state index is 3.62. The molecule has 12 heavy (non-hydrogen) atoms. The Kier molecular flexibility index (Phi) is 2.66. The first kappa shape index (κ1) is 8.89. The molecule has 1 N–H and O–H groups in total. The van der Waals surface area contributed by atoms with E-state index in [0.29, 0.717) is 5.41 Å². The molecule has 0 aromatic rings. The van der Waals surface area contributed by atoms with E-state index in [-0.39, 0.29) is 0 Å². The summed E-state index contributed by atoms with van der Waals surface area (Å²) in [4.78, 5) is 0. The maximum Gasteiger partial charge on any atom is 0.000529 e. The van der Waals surface area contributed by atoms with Gasteiger partial charge in [-0.05, 0) is 48.6 Å². The lowest BCUT2D eigenvalue weighted by atomic mass is 10.1. The minimum absolute atomic E-state index is 0.686. The highest BCUT2D eigenvalue weighted by Crippen LogP contribution is 2.44. The van der Waals surface area contributed by atoms with Crippen LogP contribution in [0.1, 0.15) is 26.2 Å². The van der Waals surface area contributed by atoms with Gasteiger partial charge >= 0.3 is 0 Å². The van der Waals surface area contributed by atoms with E-state index in [4.69, 9.17) is 0 Å². The molecule has 1 aliphatic heterocycles. The van der Waals surface area contributed by atoms with Crippen molar-refractivity contribution in [2.24, 2.45) is 11.3 Å². The Labute approximate surface area is 79.7 Å². The third-order valence-electron chi connectivity index (χ3n) is 3.11. The van der Waals surface area contributed by atoms with Crippen LogP contribution in [0.4, 0.5) is 0 Å². The van der Waals surface area contributed by atoms with E-state index in [1.54, 1.807) is 0 Å². The molecule has 2 fully saturated rings. The van der Waals surface area contributed by atoms with E-state index in [0.717, 1.165) is 5.92 Å². The summed E-state index contributed by atoms with van der Waals surface area (Å²) in [6.45, 7) is 4.92. The van der Waals surface area contributed by atoms with Crippen molar-refractivity contribution in [3.8, 4) is 0 Å². The molecule has 1 nitrogen and oxygen atoms in total. The van der Waals surface area contributed by atoms with Crippen molar-refractivity contribution in [2.45, 2.75) is 26.2 Å². The summed E-state index contributed by atoms with van der Waals surface area (Å²) < 4.78 is 0. The van der Waals surface area contributed by atoms with Crippen LogP contribution in [0.25, 0.3) is 0 Å². The Bertz CT molecular complexity index is 148. The Morgan fingerprint density at radius 2 is 2.33 bits per heavy atom. The molecule has 2 aliphatic rings. The summed E-state index contributed by atoms with van der Waals surface area (Å²) in [5.74, 6) is 3.75. The summed E-state index contributed by atoms with van der Waals surface area (Å²) in [7, 11) is 0. The van der Waals surface area contributed by atoms with Crippen molar-refractivity contribution in [2.75, 3.05) is 24.6 Å². The topological polar surface area (TPSA) is 12.0 Å². The maximum atomic E-state index is 3.62. The SMILES string of the molecule is CC1(CNCC2CCSC2)CC1. The standard InChI is InChI=1S/C10H19NS/c1-10(3-4-10)8-11-6-9-2-5-12-7-9/h9,11H,2-8H2,1H3. The van der Waals surface area contributed by atoms with Crippen LogP contribution in [0.2, 0.25) is 0 Å². The zero-order chi connectivity index (χ0) is 8.44. The van der Waals surface area contributed by atoms with E-state index in [2.05, 4.69) is 24.0 Å².